The molecule has 6 nitrogen and oxygen atoms in total. The van der Waals surface area contributed by atoms with E-state index in [0.717, 1.165) is 5.56 Å². The minimum atomic E-state index is -3.69. The molecule has 0 aliphatic carbocycles. The molecule has 0 radical (unpaired) electrons. The van der Waals surface area contributed by atoms with Gasteiger partial charge >= 0.3 is 5.69 Å². The summed E-state index contributed by atoms with van der Waals surface area (Å²) >= 11 is 0. The van der Waals surface area contributed by atoms with E-state index in [-0.39, 0.29) is 22.5 Å². The summed E-state index contributed by atoms with van der Waals surface area (Å²) in [7, 11) is -3.69. The molecule has 3 aromatic rings. The molecule has 2 N–H and O–H groups in total. The highest BCUT2D eigenvalue weighted by atomic mass is 32.2. The standard InChI is InChI=1S/C20H23N3O3S/c1-12(2)19-16-6-4-13(3)10-14(16)8-9-23(19)27(25,26)15-5-7-17-18(11-15)22-20(24)21-17/h4-7,10-12,19H,8-9H2,1-3H3,(H2,21,22,24). The number of aryl methyl sites for hydroxylation is 1. The molecule has 1 atom stereocenters. The Morgan fingerprint density at radius 1 is 1.07 bits per heavy atom. The van der Waals surface area contributed by atoms with Gasteiger partial charge in [-0.15, -0.1) is 0 Å². The van der Waals surface area contributed by atoms with Crippen molar-refractivity contribution in [3.05, 3.63) is 63.6 Å². The first kappa shape index (κ1) is 18.0. The summed E-state index contributed by atoms with van der Waals surface area (Å²) in [5.41, 5.74) is 4.25. The molecule has 0 saturated heterocycles. The Hall–Kier alpha value is -2.38. The molecule has 1 aliphatic heterocycles. The van der Waals surface area contributed by atoms with Crippen molar-refractivity contribution in [2.24, 2.45) is 5.92 Å². The molecule has 1 unspecified atom stereocenters. The first-order chi connectivity index (χ1) is 12.8. The van der Waals surface area contributed by atoms with Crippen LogP contribution >= 0.6 is 0 Å². The SMILES string of the molecule is Cc1ccc2c(c1)CCN(S(=O)(=O)c1ccc3[nH]c(=O)[nH]c3c1)C2C(C)C. The Kier molecular flexibility index (Phi) is 4.24. The number of hydrogen-bond acceptors (Lipinski definition) is 3. The lowest BCUT2D eigenvalue weighted by Gasteiger charge is -2.38. The molecule has 0 bridgehead atoms. The molecule has 0 spiro atoms. The average molecular weight is 385 g/mol. The molecule has 27 heavy (non-hydrogen) atoms. The summed E-state index contributed by atoms with van der Waals surface area (Å²) in [5, 5.41) is 0. The van der Waals surface area contributed by atoms with Crippen LogP contribution in [0.1, 0.15) is 36.6 Å². The Balaban J connectivity index is 1.81. The molecule has 0 amide bonds. The number of hydrogen-bond donors (Lipinski definition) is 2. The van der Waals surface area contributed by atoms with Gasteiger partial charge in [0.2, 0.25) is 10.0 Å². The van der Waals surface area contributed by atoms with E-state index in [1.807, 2.05) is 6.07 Å². The fourth-order valence-electron chi connectivity index (χ4n) is 4.03. The van der Waals surface area contributed by atoms with E-state index in [0.29, 0.717) is 24.0 Å². The maximum absolute atomic E-state index is 13.5. The van der Waals surface area contributed by atoms with Gasteiger partial charge in [-0.25, -0.2) is 13.2 Å². The lowest BCUT2D eigenvalue weighted by Crippen LogP contribution is -2.42. The van der Waals surface area contributed by atoms with Gasteiger partial charge in [0.25, 0.3) is 0 Å². The molecular weight excluding hydrogens is 362 g/mol. The number of rotatable bonds is 3. The zero-order chi connectivity index (χ0) is 19.3. The summed E-state index contributed by atoms with van der Waals surface area (Å²) in [4.78, 5) is 17.0. The molecule has 142 valence electrons. The van der Waals surface area contributed by atoms with Crippen molar-refractivity contribution < 1.29 is 8.42 Å². The summed E-state index contributed by atoms with van der Waals surface area (Å²) in [5.74, 6) is 0.136. The maximum atomic E-state index is 13.5. The normalized spacial score (nSPS) is 18.1. The molecule has 2 heterocycles. The van der Waals surface area contributed by atoms with E-state index in [2.05, 4.69) is 42.9 Å². The van der Waals surface area contributed by atoms with E-state index in [9.17, 15) is 13.2 Å². The van der Waals surface area contributed by atoms with E-state index in [4.69, 9.17) is 0 Å². The second-order valence-electron chi connectivity index (χ2n) is 7.54. The van der Waals surface area contributed by atoms with Gasteiger partial charge in [-0.05, 0) is 48.6 Å². The monoisotopic (exact) mass is 385 g/mol. The number of nitrogens with one attached hydrogen (secondary N) is 2. The van der Waals surface area contributed by atoms with Crippen molar-refractivity contribution in [2.75, 3.05) is 6.54 Å². The Morgan fingerprint density at radius 3 is 2.56 bits per heavy atom. The van der Waals surface area contributed by atoms with Crippen molar-refractivity contribution in [2.45, 2.75) is 38.1 Å². The van der Waals surface area contributed by atoms with Gasteiger partial charge in [0.15, 0.2) is 0 Å². The second-order valence-corrected chi connectivity index (χ2v) is 9.43. The predicted octanol–water partition coefficient (Wildman–Crippen LogP) is 3.11. The largest absolute Gasteiger partial charge is 0.323 e. The maximum Gasteiger partial charge on any atom is 0.323 e. The number of benzene rings is 2. The summed E-state index contributed by atoms with van der Waals surface area (Å²) in [6, 6.07) is 10.8. The van der Waals surface area contributed by atoms with Gasteiger partial charge in [0.05, 0.1) is 22.0 Å². The number of fused-ring (bicyclic) bond motifs is 2. The summed E-state index contributed by atoms with van der Waals surface area (Å²) in [6.45, 7) is 6.61. The first-order valence-corrected chi connectivity index (χ1v) is 10.5. The van der Waals surface area contributed by atoms with Crippen molar-refractivity contribution in [1.82, 2.24) is 14.3 Å². The first-order valence-electron chi connectivity index (χ1n) is 9.10. The molecule has 0 fully saturated rings. The second kappa shape index (κ2) is 6.35. The number of aromatic amines is 2. The highest BCUT2D eigenvalue weighted by molar-refractivity contribution is 7.89. The van der Waals surface area contributed by atoms with E-state index in [1.54, 1.807) is 16.4 Å². The van der Waals surface area contributed by atoms with Gasteiger partial charge in [0.1, 0.15) is 0 Å². The van der Waals surface area contributed by atoms with Crippen LogP contribution in [0.15, 0.2) is 46.1 Å². The number of nitrogens with zero attached hydrogens (tertiary/aromatic N) is 1. The van der Waals surface area contributed by atoms with Crippen LogP contribution in [-0.4, -0.2) is 29.2 Å². The summed E-state index contributed by atoms with van der Waals surface area (Å²) in [6.07, 6.45) is 0.697. The molecule has 0 saturated carbocycles. The van der Waals surface area contributed by atoms with Crippen LogP contribution in [0, 0.1) is 12.8 Å². The van der Waals surface area contributed by atoms with Crippen molar-refractivity contribution in [1.29, 1.82) is 0 Å². The van der Waals surface area contributed by atoms with Gasteiger partial charge in [-0.1, -0.05) is 37.6 Å². The zero-order valence-corrected chi connectivity index (χ0v) is 16.4. The molecule has 7 heteroatoms. The van der Waals surface area contributed by atoms with Crippen molar-refractivity contribution >= 4 is 21.1 Å². The van der Waals surface area contributed by atoms with Gasteiger partial charge in [-0.3, -0.25) is 0 Å². The third-order valence-corrected chi connectivity index (χ3v) is 7.13. The molecular formula is C20H23N3O3S. The van der Waals surface area contributed by atoms with E-state index in [1.165, 1.54) is 17.2 Å². The number of H-pyrrole nitrogens is 2. The Bertz CT molecular complexity index is 1170. The zero-order valence-electron chi connectivity index (χ0n) is 15.6. The van der Waals surface area contributed by atoms with Crippen molar-refractivity contribution in [3.63, 3.8) is 0 Å². The fourth-order valence-corrected chi connectivity index (χ4v) is 5.80. The van der Waals surface area contributed by atoms with Crippen LogP contribution in [-0.2, 0) is 16.4 Å². The third-order valence-electron chi connectivity index (χ3n) is 5.25. The van der Waals surface area contributed by atoms with Crippen molar-refractivity contribution in [3.8, 4) is 0 Å². The highest BCUT2D eigenvalue weighted by Gasteiger charge is 2.38. The lowest BCUT2D eigenvalue weighted by molar-refractivity contribution is 0.248. The molecule has 1 aliphatic rings. The van der Waals surface area contributed by atoms with Gasteiger partial charge in [-0.2, -0.15) is 4.31 Å². The van der Waals surface area contributed by atoms with Crippen LogP contribution in [0.25, 0.3) is 11.0 Å². The van der Waals surface area contributed by atoms with Crippen LogP contribution in [0.3, 0.4) is 0 Å². The average Bonchev–Trinajstić information content (AvgIpc) is 2.99. The fraction of sp³-hybridized carbons (Fsp3) is 0.350. The van der Waals surface area contributed by atoms with Gasteiger partial charge < -0.3 is 9.97 Å². The third kappa shape index (κ3) is 3.00. The molecule has 1 aromatic heterocycles. The van der Waals surface area contributed by atoms with Crippen LogP contribution in [0.4, 0.5) is 0 Å². The summed E-state index contributed by atoms with van der Waals surface area (Å²) < 4.78 is 28.5. The highest BCUT2D eigenvalue weighted by Crippen LogP contribution is 2.39. The number of sulfonamides is 1. The Labute approximate surface area is 158 Å². The van der Waals surface area contributed by atoms with Crippen LogP contribution in [0.2, 0.25) is 0 Å². The number of imidazole rings is 1. The molecule has 2 aromatic carbocycles. The smallest absolute Gasteiger partial charge is 0.306 e. The topological polar surface area (TPSA) is 86.0 Å². The van der Waals surface area contributed by atoms with Gasteiger partial charge in [0, 0.05) is 6.54 Å². The minimum absolute atomic E-state index is 0.136. The number of aromatic nitrogens is 2. The van der Waals surface area contributed by atoms with Crippen LogP contribution in [0.5, 0.6) is 0 Å². The Morgan fingerprint density at radius 2 is 1.81 bits per heavy atom. The predicted molar refractivity (Wildman–Crippen MR) is 105 cm³/mol. The van der Waals surface area contributed by atoms with E-state index >= 15 is 0 Å². The molecule has 4 rings (SSSR count). The quantitative estimate of drug-likeness (QED) is 0.726. The lowest BCUT2D eigenvalue weighted by atomic mass is 9.87. The van der Waals surface area contributed by atoms with E-state index < -0.39 is 10.0 Å². The minimum Gasteiger partial charge on any atom is -0.306 e. The van der Waals surface area contributed by atoms with Crippen LogP contribution < -0.4 is 5.69 Å².